The van der Waals surface area contributed by atoms with E-state index in [9.17, 15) is 0 Å². The Labute approximate surface area is 64.7 Å². The van der Waals surface area contributed by atoms with Gasteiger partial charge in [0.05, 0.1) is 0 Å². The van der Waals surface area contributed by atoms with Gasteiger partial charge in [-0.3, -0.25) is 0 Å². The standard InChI is InChI=1S/C7H15N.H2S/c1-2-7-3-5-8-6-4-7;/h7-8H,2-6H2,1H3;1H2. The van der Waals surface area contributed by atoms with E-state index in [4.69, 9.17) is 0 Å². The Morgan fingerprint density at radius 2 is 1.89 bits per heavy atom. The van der Waals surface area contributed by atoms with Gasteiger partial charge >= 0.3 is 0 Å². The Balaban J connectivity index is 0.000000640. The predicted molar refractivity (Wildman–Crippen MR) is 46.3 cm³/mol. The van der Waals surface area contributed by atoms with Gasteiger partial charge in [0.2, 0.25) is 0 Å². The fourth-order valence-corrected chi connectivity index (χ4v) is 1.29. The molecule has 0 atom stereocenters. The van der Waals surface area contributed by atoms with Crippen LogP contribution in [0.25, 0.3) is 0 Å². The molecule has 0 aromatic rings. The molecule has 1 rings (SSSR count). The summed E-state index contributed by atoms with van der Waals surface area (Å²) in [5.41, 5.74) is 0. The first-order chi connectivity index (χ1) is 3.93. The lowest BCUT2D eigenvalue weighted by atomic mass is 9.96. The monoisotopic (exact) mass is 147 g/mol. The maximum atomic E-state index is 3.35. The Morgan fingerprint density at radius 3 is 2.22 bits per heavy atom. The molecule has 0 spiro atoms. The minimum absolute atomic E-state index is 0. The van der Waals surface area contributed by atoms with E-state index in [0.29, 0.717) is 0 Å². The molecular formula is C7H17NS. The average Bonchev–Trinajstić information content (AvgIpc) is 1.90. The molecule has 0 amide bonds. The van der Waals surface area contributed by atoms with Crippen molar-refractivity contribution in [2.45, 2.75) is 26.2 Å². The van der Waals surface area contributed by atoms with Gasteiger partial charge in [-0.2, -0.15) is 13.5 Å². The highest BCUT2D eigenvalue weighted by molar-refractivity contribution is 7.59. The summed E-state index contributed by atoms with van der Waals surface area (Å²) in [5.74, 6) is 1.02. The first kappa shape index (κ1) is 9.31. The molecule has 0 aliphatic carbocycles. The van der Waals surface area contributed by atoms with Crippen LogP contribution in [0.5, 0.6) is 0 Å². The molecule has 0 aromatic carbocycles. The lowest BCUT2D eigenvalue weighted by molar-refractivity contribution is 0.365. The molecule has 1 heterocycles. The van der Waals surface area contributed by atoms with Gasteiger partial charge in [-0.15, -0.1) is 0 Å². The SMILES string of the molecule is CCC1CCNCC1.S. The smallest absolute Gasteiger partial charge is 0.00463 e. The molecule has 9 heavy (non-hydrogen) atoms. The van der Waals surface area contributed by atoms with Crippen LogP contribution in [0.15, 0.2) is 0 Å². The van der Waals surface area contributed by atoms with Crippen molar-refractivity contribution in [2.75, 3.05) is 13.1 Å². The van der Waals surface area contributed by atoms with Gasteiger partial charge in [0.15, 0.2) is 0 Å². The summed E-state index contributed by atoms with van der Waals surface area (Å²) in [7, 11) is 0. The van der Waals surface area contributed by atoms with Crippen LogP contribution in [0.2, 0.25) is 0 Å². The molecule has 1 aliphatic heterocycles. The highest BCUT2D eigenvalue weighted by Crippen LogP contribution is 2.13. The summed E-state index contributed by atoms with van der Waals surface area (Å²) in [6.07, 6.45) is 4.18. The molecule has 56 valence electrons. The zero-order valence-electron chi connectivity index (χ0n) is 6.11. The molecule has 0 radical (unpaired) electrons. The minimum atomic E-state index is 0. The summed E-state index contributed by atoms with van der Waals surface area (Å²) in [6, 6.07) is 0. The molecular weight excluding hydrogens is 130 g/mol. The first-order valence-electron chi connectivity index (χ1n) is 3.64. The van der Waals surface area contributed by atoms with Gasteiger partial charge in [0.1, 0.15) is 0 Å². The van der Waals surface area contributed by atoms with Crippen molar-refractivity contribution in [3.63, 3.8) is 0 Å². The molecule has 1 fully saturated rings. The van der Waals surface area contributed by atoms with Gasteiger partial charge in [-0.25, -0.2) is 0 Å². The van der Waals surface area contributed by atoms with Gasteiger partial charge in [-0.1, -0.05) is 13.3 Å². The van der Waals surface area contributed by atoms with Crippen molar-refractivity contribution in [1.29, 1.82) is 0 Å². The number of rotatable bonds is 1. The van der Waals surface area contributed by atoms with Crippen LogP contribution in [0, 0.1) is 5.92 Å². The minimum Gasteiger partial charge on any atom is -0.317 e. The Kier molecular flexibility index (Phi) is 5.30. The first-order valence-corrected chi connectivity index (χ1v) is 3.64. The van der Waals surface area contributed by atoms with Crippen LogP contribution in [0.4, 0.5) is 0 Å². The van der Waals surface area contributed by atoms with E-state index in [1.807, 2.05) is 0 Å². The fraction of sp³-hybridized carbons (Fsp3) is 1.00. The van der Waals surface area contributed by atoms with E-state index in [1.54, 1.807) is 0 Å². The third-order valence-electron chi connectivity index (χ3n) is 2.04. The Morgan fingerprint density at radius 1 is 1.33 bits per heavy atom. The summed E-state index contributed by atoms with van der Waals surface area (Å²) in [4.78, 5) is 0. The van der Waals surface area contributed by atoms with Crippen molar-refractivity contribution < 1.29 is 0 Å². The quantitative estimate of drug-likeness (QED) is 0.593. The Bertz CT molecular complexity index is 59.9. The van der Waals surface area contributed by atoms with Crippen LogP contribution in [-0.2, 0) is 0 Å². The highest BCUT2D eigenvalue weighted by Gasteiger charge is 2.08. The lowest BCUT2D eigenvalue weighted by Gasteiger charge is -2.20. The number of hydrogen-bond acceptors (Lipinski definition) is 1. The summed E-state index contributed by atoms with van der Waals surface area (Å²) in [5, 5.41) is 3.35. The van der Waals surface area contributed by atoms with Crippen molar-refractivity contribution >= 4 is 13.5 Å². The largest absolute Gasteiger partial charge is 0.317 e. The second-order valence-corrected chi connectivity index (χ2v) is 2.60. The molecule has 0 bridgehead atoms. The molecule has 2 heteroatoms. The molecule has 1 saturated heterocycles. The number of piperidine rings is 1. The molecule has 0 saturated carbocycles. The van der Waals surface area contributed by atoms with E-state index in [0.717, 1.165) is 5.92 Å². The van der Waals surface area contributed by atoms with E-state index in [2.05, 4.69) is 12.2 Å². The predicted octanol–water partition coefficient (Wildman–Crippen LogP) is 1.51. The van der Waals surface area contributed by atoms with E-state index in [-0.39, 0.29) is 13.5 Å². The topological polar surface area (TPSA) is 12.0 Å². The summed E-state index contributed by atoms with van der Waals surface area (Å²) < 4.78 is 0. The van der Waals surface area contributed by atoms with E-state index < -0.39 is 0 Å². The van der Waals surface area contributed by atoms with Gasteiger partial charge in [0, 0.05) is 0 Å². The Hall–Kier alpha value is 0.310. The molecule has 0 unspecified atom stereocenters. The van der Waals surface area contributed by atoms with Crippen molar-refractivity contribution in [3.05, 3.63) is 0 Å². The summed E-state index contributed by atoms with van der Waals surface area (Å²) >= 11 is 0. The van der Waals surface area contributed by atoms with Crippen molar-refractivity contribution in [2.24, 2.45) is 5.92 Å². The van der Waals surface area contributed by atoms with Crippen LogP contribution < -0.4 is 5.32 Å². The van der Waals surface area contributed by atoms with Crippen LogP contribution in [-0.4, -0.2) is 13.1 Å². The summed E-state index contributed by atoms with van der Waals surface area (Å²) in [6.45, 7) is 4.78. The van der Waals surface area contributed by atoms with Gasteiger partial charge in [0.25, 0.3) is 0 Å². The average molecular weight is 147 g/mol. The third kappa shape index (κ3) is 3.11. The fourth-order valence-electron chi connectivity index (χ4n) is 1.29. The van der Waals surface area contributed by atoms with E-state index >= 15 is 0 Å². The molecule has 1 N–H and O–H groups in total. The van der Waals surface area contributed by atoms with Crippen LogP contribution in [0.1, 0.15) is 26.2 Å². The van der Waals surface area contributed by atoms with Gasteiger partial charge < -0.3 is 5.32 Å². The maximum absolute atomic E-state index is 3.35. The molecule has 1 nitrogen and oxygen atoms in total. The maximum Gasteiger partial charge on any atom is -0.00463 e. The molecule has 0 aromatic heterocycles. The van der Waals surface area contributed by atoms with Crippen LogP contribution >= 0.6 is 13.5 Å². The lowest BCUT2D eigenvalue weighted by Crippen LogP contribution is -2.27. The molecule has 1 aliphatic rings. The van der Waals surface area contributed by atoms with Crippen LogP contribution in [0.3, 0.4) is 0 Å². The zero-order valence-corrected chi connectivity index (χ0v) is 7.11. The second-order valence-electron chi connectivity index (χ2n) is 2.60. The number of nitrogens with one attached hydrogen (secondary N) is 1. The number of hydrogen-bond donors (Lipinski definition) is 1. The zero-order chi connectivity index (χ0) is 5.82. The third-order valence-corrected chi connectivity index (χ3v) is 2.04. The highest BCUT2D eigenvalue weighted by atomic mass is 32.1. The normalized spacial score (nSPS) is 21.0. The van der Waals surface area contributed by atoms with Crippen molar-refractivity contribution in [1.82, 2.24) is 5.32 Å². The van der Waals surface area contributed by atoms with Crippen molar-refractivity contribution in [3.8, 4) is 0 Å². The van der Waals surface area contributed by atoms with E-state index in [1.165, 1.54) is 32.4 Å². The van der Waals surface area contributed by atoms with Gasteiger partial charge in [-0.05, 0) is 31.8 Å². The second kappa shape index (κ2) is 5.12.